The molecule has 3 aromatic rings. The number of hydrogen-bond donors (Lipinski definition) is 0. The van der Waals surface area contributed by atoms with E-state index < -0.39 is 58.7 Å². The quantitative estimate of drug-likeness (QED) is 0.297. The van der Waals surface area contributed by atoms with E-state index in [0.717, 1.165) is 12.1 Å². The van der Waals surface area contributed by atoms with Crippen molar-refractivity contribution in [1.29, 1.82) is 0 Å². The minimum atomic E-state index is -4.74. The summed E-state index contributed by atoms with van der Waals surface area (Å²) in [4.78, 5) is 55.7. The molecule has 0 unspecified atom stereocenters. The van der Waals surface area contributed by atoms with Gasteiger partial charge in [-0.2, -0.15) is 13.2 Å². The summed E-state index contributed by atoms with van der Waals surface area (Å²) in [6, 6.07) is 13.9. The smallest absolute Gasteiger partial charge is 0.349 e. The molecule has 0 radical (unpaired) electrons. The van der Waals surface area contributed by atoms with Crippen molar-refractivity contribution in [3.05, 3.63) is 99.0 Å². The second-order valence-electron chi connectivity index (χ2n) is 9.21. The Balaban J connectivity index is 1.54. The SMILES string of the molecule is O=C1[C@H]2[C@H](c3ccc(Cl)cc3Cl)OC3(C(=O)c4ccccc4C3=O)[C@H]2C(=O)N1c1cccc(C(F)(F)F)c1. The molecule has 0 aromatic heterocycles. The van der Waals surface area contributed by atoms with Gasteiger partial charge in [0.1, 0.15) is 0 Å². The van der Waals surface area contributed by atoms with Gasteiger partial charge in [-0.25, -0.2) is 4.90 Å². The van der Waals surface area contributed by atoms with E-state index in [1.54, 1.807) is 12.1 Å². The summed E-state index contributed by atoms with van der Waals surface area (Å²) in [7, 11) is 0. The molecule has 2 fully saturated rings. The van der Waals surface area contributed by atoms with Crippen molar-refractivity contribution in [3.8, 4) is 0 Å². The van der Waals surface area contributed by atoms with Crippen molar-refractivity contribution >= 4 is 52.3 Å². The van der Waals surface area contributed by atoms with Gasteiger partial charge in [0.05, 0.1) is 29.2 Å². The molecule has 0 N–H and O–H groups in total. The average Bonchev–Trinajstić information content (AvgIpc) is 3.43. The lowest BCUT2D eigenvalue weighted by Gasteiger charge is -2.27. The Bertz CT molecular complexity index is 1550. The molecule has 2 heterocycles. The molecule has 1 spiro atoms. The number of nitrogens with zero attached hydrogens (tertiary/aromatic N) is 1. The van der Waals surface area contributed by atoms with E-state index in [9.17, 15) is 32.3 Å². The molecule has 0 bridgehead atoms. The predicted octanol–water partition coefficient (Wildman–Crippen LogP) is 5.71. The molecule has 2 saturated heterocycles. The third-order valence-corrected chi connectivity index (χ3v) is 7.78. The van der Waals surface area contributed by atoms with Crippen molar-refractivity contribution in [2.45, 2.75) is 17.9 Å². The first-order chi connectivity index (χ1) is 18.0. The van der Waals surface area contributed by atoms with Crippen LogP contribution in [-0.2, 0) is 20.5 Å². The molecule has 3 aromatic carbocycles. The first-order valence-electron chi connectivity index (χ1n) is 11.3. The van der Waals surface area contributed by atoms with Crippen molar-refractivity contribution in [2.75, 3.05) is 4.90 Å². The summed E-state index contributed by atoms with van der Waals surface area (Å²) in [6.45, 7) is 0. The van der Waals surface area contributed by atoms with Gasteiger partial charge in [0.15, 0.2) is 0 Å². The maximum Gasteiger partial charge on any atom is 0.416 e. The van der Waals surface area contributed by atoms with Crippen molar-refractivity contribution in [2.24, 2.45) is 11.8 Å². The van der Waals surface area contributed by atoms with Crippen molar-refractivity contribution < 1.29 is 37.1 Å². The van der Waals surface area contributed by atoms with Gasteiger partial charge in [-0.3, -0.25) is 19.2 Å². The lowest BCUT2D eigenvalue weighted by Crippen LogP contribution is -2.51. The van der Waals surface area contributed by atoms with Gasteiger partial charge in [-0.05, 0) is 30.3 Å². The van der Waals surface area contributed by atoms with E-state index in [-0.39, 0.29) is 32.4 Å². The normalized spacial score (nSPS) is 23.9. The minimum absolute atomic E-state index is 0.0249. The molecule has 2 aliphatic heterocycles. The number of imide groups is 1. The van der Waals surface area contributed by atoms with Crippen LogP contribution in [0.25, 0.3) is 0 Å². The number of anilines is 1. The average molecular weight is 560 g/mol. The third-order valence-electron chi connectivity index (χ3n) is 7.22. The second kappa shape index (κ2) is 8.23. The summed E-state index contributed by atoms with van der Waals surface area (Å²) in [6.07, 6.45) is -6.07. The van der Waals surface area contributed by atoms with E-state index in [1.165, 1.54) is 36.4 Å². The molecular formula is C27H14Cl2F3NO5. The largest absolute Gasteiger partial charge is 0.416 e. The lowest BCUT2D eigenvalue weighted by molar-refractivity contribution is -0.137. The first kappa shape index (κ1) is 24.8. The molecule has 6 rings (SSSR count). The number of ketones is 2. The van der Waals surface area contributed by atoms with Gasteiger partial charge in [-0.15, -0.1) is 0 Å². The Morgan fingerprint density at radius 2 is 1.47 bits per heavy atom. The zero-order valence-corrected chi connectivity index (χ0v) is 20.5. The number of carbonyl (C=O) groups is 4. The monoisotopic (exact) mass is 559 g/mol. The Morgan fingerprint density at radius 3 is 2.08 bits per heavy atom. The van der Waals surface area contributed by atoms with Crippen LogP contribution >= 0.6 is 23.2 Å². The van der Waals surface area contributed by atoms with Crippen LogP contribution in [0.5, 0.6) is 0 Å². The highest BCUT2D eigenvalue weighted by molar-refractivity contribution is 6.37. The molecule has 0 saturated carbocycles. The van der Waals surface area contributed by atoms with Crippen LogP contribution < -0.4 is 4.90 Å². The van der Waals surface area contributed by atoms with Gasteiger partial charge < -0.3 is 4.74 Å². The van der Waals surface area contributed by atoms with Crippen LogP contribution in [0.2, 0.25) is 10.0 Å². The van der Waals surface area contributed by atoms with Crippen molar-refractivity contribution in [3.63, 3.8) is 0 Å². The third kappa shape index (κ3) is 3.25. The number of benzene rings is 3. The van der Waals surface area contributed by atoms with Crippen LogP contribution in [0.3, 0.4) is 0 Å². The summed E-state index contributed by atoms with van der Waals surface area (Å²) >= 11 is 12.4. The number of carbonyl (C=O) groups excluding carboxylic acids is 4. The maximum atomic E-state index is 13.9. The zero-order chi connectivity index (χ0) is 27.1. The highest BCUT2D eigenvalue weighted by Crippen LogP contribution is 2.58. The number of rotatable bonds is 2. The fraction of sp³-hybridized carbons (Fsp3) is 0.185. The molecule has 11 heteroatoms. The van der Waals surface area contributed by atoms with Gasteiger partial charge in [-0.1, -0.05) is 59.6 Å². The number of ether oxygens (including phenoxy) is 1. The standard InChI is InChI=1S/C27H14Cl2F3NO5/c28-13-8-9-17(18(29)11-13)21-19-20(26(38-21)22(34)15-6-1-2-7-16(15)23(26)35)25(37)33(24(19)36)14-5-3-4-12(10-14)27(30,31)32/h1-11,19-21H/t19-,20-,21+/m1/s1. The molecule has 3 atom stereocenters. The van der Waals surface area contributed by atoms with E-state index in [1.807, 2.05) is 0 Å². The summed E-state index contributed by atoms with van der Waals surface area (Å²) in [5.74, 6) is -6.57. The number of Topliss-reactive ketones (excluding diaryl/α,β-unsaturated/α-hetero) is 2. The van der Waals surface area contributed by atoms with E-state index in [2.05, 4.69) is 0 Å². The predicted molar refractivity (Wildman–Crippen MR) is 129 cm³/mol. The van der Waals surface area contributed by atoms with Crippen LogP contribution in [0, 0.1) is 11.8 Å². The molecular weight excluding hydrogens is 546 g/mol. The van der Waals surface area contributed by atoms with Gasteiger partial charge in [0, 0.05) is 26.7 Å². The summed E-state index contributed by atoms with van der Waals surface area (Å²) in [5.41, 5.74) is -3.54. The molecule has 6 nitrogen and oxygen atoms in total. The Kier molecular flexibility index (Phi) is 5.37. The minimum Gasteiger partial charge on any atom is -0.349 e. The topological polar surface area (TPSA) is 80.8 Å². The molecule has 2 amide bonds. The van der Waals surface area contributed by atoms with E-state index in [0.29, 0.717) is 11.0 Å². The maximum absolute atomic E-state index is 13.9. The van der Waals surface area contributed by atoms with Crippen LogP contribution in [0.1, 0.15) is 37.9 Å². The number of hydrogen-bond acceptors (Lipinski definition) is 5. The van der Waals surface area contributed by atoms with E-state index in [4.69, 9.17) is 27.9 Å². The van der Waals surface area contributed by atoms with Crippen LogP contribution in [0.4, 0.5) is 18.9 Å². The number of halogens is 5. The number of alkyl halides is 3. The summed E-state index contributed by atoms with van der Waals surface area (Å²) < 4.78 is 46.4. The van der Waals surface area contributed by atoms with Gasteiger partial charge in [0.2, 0.25) is 29.0 Å². The highest BCUT2D eigenvalue weighted by Gasteiger charge is 2.75. The Hall–Kier alpha value is -3.53. The zero-order valence-electron chi connectivity index (χ0n) is 19.0. The fourth-order valence-electron chi connectivity index (χ4n) is 5.61. The lowest BCUT2D eigenvalue weighted by atomic mass is 9.77. The van der Waals surface area contributed by atoms with Crippen LogP contribution in [0.15, 0.2) is 66.7 Å². The first-order valence-corrected chi connectivity index (χ1v) is 12.1. The molecule has 1 aliphatic carbocycles. The Morgan fingerprint density at radius 1 is 0.816 bits per heavy atom. The van der Waals surface area contributed by atoms with Crippen molar-refractivity contribution in [1.82, 2.24) is 0 Å². The van der Waals surface area contributed by atoms with E-state index >= 15 is 0 Å². The number of fused-ring (bicyclic) bond motifs is 3. The Labute approximate surface area is 222 Å². The summed E-state index contributed by atoms with van der Waals surface area (Å²) in [5, 5.41) is 0.328. The van der Waals surface area contributed by atoms with Crippen LogP contribution in [-0.4, -0.2) is 29.0 Å². The fourth-order valence-corrected chi connectivity index (χ4v) is 6.12. The second-order valence-corrected chi connectivity index (χ2v) is 10.1. The van der Waals surface area contributed by atoms with Gasteiger partial charge >= 0.3 is 6.18 Å². The highest BCUT2D eigenvalue weighted by atomic mass is 35.5. The van der Waals surface area contributed by atoms with Gasteiger partial charge in [0.25, 0.3) is 0 Å². The molecule has 192 valence electrons. The molecule has 3 aliphatic rings. The molecule has 38 heavy (non-hydrogen) atoms. The number of amides is 2.